The van der Waals surface area contributed by atoms with E-state index in [2.05, 4.69) is 14.7 Å². The first kappa shape index (κ1) is 13.2. The second kappa shape index (κ2) is 7.62. The Hall–Kier alpha value is -0.765. The predicted octanol–water partition coefficient (Wildman–Crippen LogP) is -0.758. The number of aliphatic carboxylic acids is 1. The van der Waals surface area contributed by atoms with Gasteiger partial charge in [-0.1, -0.05) is 5.04 Å². The van der Waals surface area contributed by atoms with Gasteiger partial charge in [0.2, 0.25) is 7.85 Å². The van der Waals surface area contributed by atoms with E-state index >= 15 is 0 Å². The summed E-state index contributed by atoms with van der Waals surface area (Å²) in [6, 6.07) is 0. The summed E-state index contributed by atoms with van der Waals surface area (Å²) >= 11 is 0.624. The third kappa shape index (κ3) is 7.86. The number of nitrogens with one attached hydrogen (secondary N) is 1. The van der Waals surface area contributed by atoms with Gasteiger partial charge < -0.3 is 10.4 Å². The summed E-state index contributed by atoms with van der Waals surface area (Å²) in [5.41, 5.74) is 0. The minimum Gasteiger partial charge on any atom is -0.481 e. The monoisotopic (exact) mass is 223 g/mol. The average Bonchev–Trinajstić information content (AvgIpc) is 2.09. The van der Waals surface area contributed by atoms with Crippen LogP contribution in [-0.2, 0) is 14.2 Å². The normalized spacial score (nSPS) is 12.1. The van der Waals surface area contributed by atoms with Gasteiger partial charge in [0.1, 0.15) is 0 Å². The first-order chi connectivity index (χ1) is 6.56. The third-order valence-corrected chi connectivity index (χ3v) is 1.93. The van der Waals surface area contributed by atoms with E-state index in [9.17, 15) is 9.59 Å². The van der Waals surface area contributed by atoms with Gasteiger partial charge in [-0.25, -0.2) is 5.26 Å². The number of amides is 1. The van der Waals surface area contributed by atoms with Crippen molar-refractivity contribution in [3.63, 3.8) is 0 Å². The lowest BCUT2D eigenvalue weighted by Gasteiger charge is -2.11. The lowest BCUT2D eigenvalue weighted by molar-refractivity contribution is -0.432. The molecule has 0 radical (unpaired) electrons. The fourth-order valence-corrected chi connectivity index (χ4v) is 1.17. The molecule has 80 valence electrons. The molecule has 0 aromatic heterocycles. The molecule has 3 N–H and O–H groups in total. The molecule has 14 heavy (non-hydrogen) atoms. The lowest BCUT2D eigenvalue weighted by atomic mass is 10.1. The Bertz CT molecular complexity index is 203. The first-order valence-corrected chi connectivity index (χ1v) is 4.46. The van der Waals surface area contributed by atoms with Crippen molar-refractivity contribution < 1.29 is 29.3 Å². The lowest BCUT2D eigenvalue weighted by Crippen LogP contribution is -2.31. The molecule has 0 spiro atoms. The van der Waals surface area contributed by atoms with E-state index in [1.807, 2.05) is 0 Å². The Labute approximate surface area is 85.2 Å². The highest BCUT2D eigenvalue weighted by atomic mass is 32.2. The summed E-state index contributed by atoms with van der Waals surface area (Å²) in [6.45, 7) is 0.121. The van der Waals surface area contributed by atoms with Crippen LogP contribution in [0.4, 0.5) is 4.79 Å². The van der Waals surface area contributed by atoms with Crippen molar-refractivity contribution in [2.75, 3.05) is 6.54 Å². The number of carboxylic acid groups (broad SMARTS) is 1. The molecule has 0 aromatic rings. The number of rotatable bonds is 7. The topological polar surface area (TPSA) is 105 Å². The van der Waals surface area contributed by atoms with E-state index in [0.717, 1.165) is 0 Å². The molecular formula is C5H10BNO6S. The standard InChI is InChI=1S/C5H10BNO6S/c6-5(10)7-2-3(1-4(8)9)14-13-12-11/h3,11H,1-2,6H2,(H,7,10)(H,8,9). The smallest absolute Gasteiger partial charge is 0.304 e. The van der Waals surface area contributed by atoms with Gasteiger partial charge in [-0.05, 0) is 0 Å². The summed E-state index contributed by atoms with van der Waals surface area (Å²) < 4.78 is 4.09. The molecule has 1 unspecified atom stereocenters. The quantitative estimate of drug-likeness (QED) is 0.225. The maximum absolute atomic E-state index is 10.5. The molecule has 0 aliphatic heterocycles. The Morgan fingerprint density at radius 3 is 2.64 bits per heavy atom. The predicted molar refractivity (Wildman–Crippen MR) is 50.4 cm³/mol. The SMILES string of the molecule is BC(=O)NCC(CC(=O)O)SOOO. The van der Waals surface area contributed by atoms with Gasteiger partial charge >= 0.3 is 5.97 Å². The summed E-state index contributed by atoms with van der Waals surface area (Å²) in [5.74, 6) is -1.31. The van der Waals surface area contributed by atoms with Crippen molar-refractivity contribution in [3.8, 4) is 0 Å². The summed E-state index contributed by atoms with van der Waals surface area (Å²) in [6.07, 6.45) is -0.214. The fraction of sp³-hybridized carbons (Fsp3) is 0.600. The average molecular weight is 223 g/mol. The number of carboxylic acids is 1. The number of carbonyl (C=O) groups excluding carboxylic acids is 1. The van der Waals surface area contributed by atoms with Crippen LogP contribution in [0.15, 0.2) is 0 Å². The van der Waals surface area contributed by atoms with Gasteiger partial charge in [-0.15, -0.1) is 4.33 Å². The highest BCUT2D eigenvalue weighted by Crippen LogP contribution is 2.15. The first-order valence-electron chi connectivity index (χ1n) is 3.66. The molecule has 0 aromatic carbocycles. The van der Waals surface area contributed by atoms with Gasteiger partial charge in [0.15, 0.2) is 5.81 Å². The molecule has 1 atom stereocenters. The Kier molecular flexibility index (Phi) is 7.20. The fourth-order valence-electron chi connectivity index (χ4n) is 0.666. The van der Waals surface area contributed by atoms with Crippen LogP contribution >= 0.6 is 12.0 Å². The van der Waals surface area contributed by atoms with Crippen molar-refractivity contribution in [2.45, 2.75) is 11.7 Å². The van der Waals surface area contributed by atoms with Gasteiger partial charge in [0.25, 0.3) is 0 Å². The van der Waals surface area contributed by atoms with Crippen molar-refractivity contribution in [3.05, 3.63) is 0 Å². The molecule has 0 saturated heterocycles. The van der Waals surface area contributed by atoms with Crippen LogP contribution in [0.1, 0.15) is 6.42 Å². The maximum Gasteiger partial charge on any atom is 0.304 e. The van der Waals surface area contributed by atoms with Gasteiger partial charge in [-0.3, -0.25) is 9.59 Å². The Morgan fingerprint density at radius 2 is 2.21 bits per heavy atom. The van der Waals surface area contributed by atoms with E-state index in [4.69, 9.17) is 10.4 Å². The second-order valence-corrected chi connectivity index (χ2v) is 3.39. The molecule has 0 saturated carbocycles. The van der Waals surface area contributed by atoms with E-state index in [-0.39, 0.29) is 18.8 Å². The minimum absolute atomic E-state index is 0.121. The molecule has 0 rings (SSSR count). The zero-order valence-electron chi connectivity index (χ0n) is 7.43. The molecule has 7 nitrogen and oxygen atoms in total. The van der Waals surface area contributed by atoms with Gasteiger partial charge in [0, 0.05) is 18.6 Å². The zero-order valence-corrected chi connectivity index (χ0v) is 8.24. The zero-order chi connectivity index (χ0) is 11.0. The van der Waals surface area contributed by atoms with Crippen LogP contribution in [0.5, 0.6) is 0 Å². The molecule has 0 fully saturated rings. The Balaban J connectivity index is 3.83. The molecule has 1 amide bonds. The summed E-state index contributed by atoms with van der Waals surface area (Å²) in [4.78, 5) is 20.9. The van der Waals surface area contributed by atoms with Crippen molar-refractivity contribution >= 4 is 31.7 Å². The molecule has 9 heteroatoms. The van der Waals surface area contributed by atoms with Crippen molar-refractivity contribution in [1.82, 2.24) is 5.32 Å². The van der Waals surface area contributed by atoms with Crippen molar-refractivity contribution in [1.29, 1.82) is 0 Å². The van der Waals surface area contributed by atoms with E-state index in [1.165, 1.54) is 7.85 Å². The highest BCUT2D eigenvalue weighted by Gasteiger charge is 2.15. The summed E-state index contributed by atoms with van der Waals surface area (Å²) in [5, 5.41) is 21.5. The Morgan fingerprint density at radius 1 is 1.57 bits per heavy atom. The van der Waals surface area contributed by atoms with Crippen molar-refractivity contribution in [2.24, 2.45) is 0 Å². The van der Waals surface area contributed by atoms with E-state index in [0.29, 0.717) is 12.0 Å². The molecule has 0 aliphatic rings. The number of carbonyl (C=O) groups is 2. The van der Waals surface area contributed by atoms with E-state index in [1.54, 1.807) is 0 Å². The van der Waals surface area contributed by atoms with Crippen LogP contribution in [0, 0.1) is 0 Å². The molecule has 0 aliphatic carbocycles. The van der Waals surface area contributed by atoms with Crippen LogP contribution in [0.3, 0.4) is 0 Å². The van der Waals surface area contributed by atoms with Crippen LogP contribution < -0.4 is 5.32 Å². The molecule has 0 heterocycles. The van der Waals surface area contributed by atoms with Crippen LogP contribution in [0.25, 0.3) is 0 Å². The molecular weight excluding hydrogens is 213 g/mol. The molecule has 0 bridgehead atoms. The minimum atomic E-state index is -1.03. The number of hydrogen-bond donors (Lipinski definition) is 3. The third-order valence-electron chi connectivity index (χ3n) is 1.19. The van der Waals surface area contributed by atoms with Crippen LogP contribution in [0.2, 0.25) is 0 Å². The van der Waals surface area contributed by atoms with Gasteiger partial charge in [-0.2, -0.15) is 0 Å². The van der Waals surface area contributed by atoms with Gasteiger partial charge in [0.05, 0.1) is 11.7 Å². The van der Waals surface area contributed by atoms with Crippen LogP contribution in [-0.4, -0.2) is 41.8 Å². The number of hydrogen-bond acceptors (Lipinski definition) is 6. The second-order valence-electron chi connectivity index (χ2n) is 2.40. The highest BCUT2D eigenvalue weighted by molar-refractivity contribution is 7.95. The maximum atomic E-state index is 10.5. The largest absolute Gasteiger partial charge is 0.481 e. The van der Waals surface area contributed by atoms with E-state index < -0.39 is 11.2 Å². The summed E-state index contributed by atoms with van der Waals surface area (Å²) in [7, 11) is 1.31.